The number of nitrogens with zero attached hydrogens (tertiary/aromatic N) is 1. The van der Waals surface area contributed by atoms with Crippen LogP contribution < -0.4 is 5.32 Å². The van der Waals surface area contributed by atoms with Crippen LogP contribution in [0.4, 0.5) is 0 Å². The Kier molecular flexibility index (Phi) is 1.68. The lowest BCUT2D eigenvalue weighted by atomic mass is 9.76. The van der Waals surface area contributed by atoms with Crippen molar-refractivity contribution in [1.82, 2.24) is 10.2 Å². The molecular weight excluding hydrogens is 180 g/mol. The Hall–Kier alpha value is -0.900. The number of rotatable bonds is 1. The average Bonchev–Trinajstić information content (AvgIpc) is 2.59. The van der Waals surface area contributed by atoms with E-state index in [0.717, 1.165) is 32.4 Å². The lowest BCUT2D eigenvalue weighted by molar-refractivity contribution is -0.141. The second-order valence-corrected chi connectivity index (χ2v) is 4.48. The molecule has 2 heterocycles. The molecule has 4 nitrogen and oxygen atoms in total. The van der Waals surface area contributed by atoms with Crippen LogP contribution in [-0.2, 0) is 9.59 Å². The van der Waals surface area contributed by atoms with Crippen LogP contribution in [0.5, 0.6) is 0 Å². The van der Waals surface area contributed by atoms with Crippen molar-refractivity contribution in [3.8, 4) is 0 Å². The zero-order chi connectivity index (χ0) is 9.71. The van der Waals surface area contributed by atoms with Crippen LogP contribution in [0.15, 0.2) is 0 Å². The maximum atomic E-state index is 11.8. The highest BCUT2D eigenvalue weighted by atomic mass is 16.2. The van der Waals surface area contributed by atoms with Crippen molar-refractivity contribution in [2.45, 2.75) is 25.3 Å². The summed E-state index contributed by atoms with van der Waals surface area (Å²) in [7, 11) is 0. The normalized spacial score (nSPS) is 41.4. The molecule has 1 aliphatic carbocycles. The van der Waals surface area contributed by atoms with Crippen molar-refractivity contribution < 1.29 is 9.59 Å². The van der Waals surface area contributed by atoms with Crippen molar-refractivity contribution >= 4 is 11.8 Å². The average molecular weight is 194 g/mol. The fourth-order valence-corrected chi connectivity index (χ4v) is 2.78. The van der Waals surface area contributed by atoms with E-state index in [2.05, 4.69) is 5.32 Å². The predicted molar refractivity (Wildman–Crippen MR) is 49.3 cm³/mol. The van der Waals surface area contributed by atoms with Crippen molar-refractivity contribution in [3.05, 3.63) is 0 Å². The van der Waals surface area contributed by atoms with Gasteiger partial charge in [0.05, 0.1) is 17.9 Å². The van der Waals surface area contributed by atoms with E-state index in [1.165, 1.54) is 0 Å². The fraction of sp³-hybridized carbons (Fsp3) is 0.800. The third kappa shape index (κ3) is 0.919. The summed E-state index contributed by atoms with van der Waals surface area (Å²) in [5, 5.41) is 3.19. The van der Waals surface area contributed by atoms with E-state index in [9.17, 15) is 9.59 Å². The summed E-state index contributed by atoms with van der Waals surface area (Å²) < 4.78 is 0. The third-order valence-electron chi connectivity index (χ3n) is 3.78. The van der Waals surface area contributed by atoms with Crippen LogP contribution in [0.1, 0.15) is 19.3 Å². The van der Waals surface area contributed by atoms with Crippen LogP contribution in [0.25, 0.3) is 0 Å². The summed E-state index contributed by atoms with van der Waals surface area (Å²) >= 11 is 0. The number of carbonyl (C=O) groups is 2. The second kappa shape index (κ2) is 2.79. The van der Waals surface area contributed by atoms with Crippen LogP contribution >= 0.6 is 0 Å². The van der Waals surface area contributed by atoms with Crippen LogP contribution in [0, 0.1) is 11.8 Å². The van der Waals surface area contributed by atoms with Gasteiger partial charge in [0, 0.05) is 6.54 Å². The first-order valence-electron chi connectivity index (χ1n) is 5.36. The predicted octanol–water partition coefficient (Wildman–Crippen LogP) is -0.257. The zero-order valence-corrected chi connectivity index (χ0v) is 8.03. The topological polar surface area (TPSA) is 49.4 Å². The first kappa shape index (κ1) is 8.41. The maximum Gasteiger partial charge on any atom is 0.233 e. The van der Waals surface area contributed by atoms with E-state index in [1.54, 1.807) is 4.90 Å². The molecule has 14 heavy (non-hydrogen) atoms. The number of likely N-dealkylation sites (tertiary alicyclic amines) is 1. The molecule has 0 aromatic carbocycles. The Morgan fingerprint density at radius 2 is 1.71 bits per heavy atom. The van der Waals surface area contributed by atoms with Gasteiger partial charge in [0.15, 0.2) is 0 Å². The van der Waals surface area contributed by atoms with Gasteiger partial charge in [-0.15, -0.1) is 0 Å². The summed E-state index contributed by atoms with van der Waals surface area (Å²) in [6, 6.07) is 0.139. The minimum absolute atomic E-state index is 0.0445. The van der Waals surface area contributed by atoms with Gasteiger partial charge in [-0.2, -0.15) is 0 Å². The van der Waals surface area contributed by atoms with Gasteiger partial charge in [-0.25, -0.2) is 0 Å². The van der Waals surface area contributed by atoms with Crippen LogP contribution in [0.2, 0.25) is 0 Å². The Morgan fingerprint density at radius 1 is 1.07 bits per heavy atom. The van der Waals surface area contributed by atoms with Crippen molar-refractivity contribution in [2.24, 2.45) is 11.8 Å². The molecule has 0 aromatic rings. The lowest BCUT2D eigenvalue weighted by Gasteiger charge is -2.24. The molecule has 3 atom stereocenters. The van der Waals surface area contributed by atoms with Crippen molar-refractivity contribution in [2.75, 3.05) is 13.1 Å². The smallest absolute Gasteiger partial charge is 0.233 e. The molecule has 0 aromatic heterocycles. The van der Waals surface area contributed by atoms with Gasteiger partial charge in [-0.05, 0) is 25.8 Å². The Labute approximate surface area is 82.6 Å². The molecule has 2 amide bonds. The highest BCUT2D eigenvalue weighted by Crippen LogP contribution is 2.43. The third-order valence-corrected chi connectivity index (χ3v) is 3.78. The van der Waals surface area contributed by atoms with E-state index in [-0.39, 0.29) is 29.7 Å². The second-order valence-electron chi connectivity index (χ2n) is 4.48. The molecule has 3 fully saturated rings. The molecule has 3 aliphatic rings. The Morgan fingerprint density at radius 3 is 2.14 bits per heavy atom. The molecule has 3 unspecified atom stereocenters. The van der Waals surface area contributed by atoms with Crippen molar-refractivity contribution in [3.63, 3.8) is 0 Å². The standard InChI is InChI=1S/C10H14N2O2/c13-9-7-1-2-8(7)10(14)12(9)6-3-4-11-5-6/h6-8,11H,1-5H2. The summed E-state index contributed by atoms with van der Waals surface area (Å²) in [6.07, 6.45) is 2.77. The molecular formula is C10H14N2O2. The molecule has 3 rings (SSSR count). The molecule has 2 saturated heterocycles. The molecule has 0 bridgehead atoms. The van der Waals surface area contributed by atoms with E-state index < -0.39 is 0 Å². The number of fused-ring (bicyclic) bond motifs is 1. The van der Waals surface area contributed by atoms with Gasteiger partial charge in [0.2, 0.25) is 11.8 Å². The summed E-state index contributed by atoms with van der Waals surface area (Å²) in [5.74, 6) is 0.283. The number of imide groups is 1. The number of carbonyl (C=O) groups excluding carboxylic acids is 2. The Bertz CT molecular complexity index is 274. The Balaban J connectivity index is 1.84. The molecule has 0 radical (unpaired) electrons. The van der Waals surface area contributed by atoms with Crippen LogP contribution in [0.3, 0.4) is 0 Å². The van der Waals surface area contributed by atoms with E-state index in [1.807, 2.05) is 0 Å². The van der Waals surface area contributed by atoms with E-state index in [4.69, 9.17) is 0 Å². The van der Waals surface area contributed by atoms with E-state index >= 15 is 0 Å². The first-order chi connectivity index (χ1) is 6.79. The highest BCUT2D eigenvalue weighted by molar-refractivity contribution is 6.06. The number of hydrogen-bond donors (Lipinski definition) is 1. The largest absolute Gasteiger partial charge is 0.315 e. The fourth-order valence-electron chi connectivity index (χ4n) is 2.78. The SMILES string of the molecule is O=C1C2CCC2C(=O)N1C1CCNC1. The molecule has 0 spiro atoms. The summed E-state index contributed by atoms with van der Waals surface area (Å²) in [5.41, 5.74) is 0. The van der Waals surface area contributed by atoms with Crippen LogP contribution in [-0.4, -0.2) is 35.8 Å². The van der Waals surface area contributed by atoms with Gasteiger partial charge in [-0.3, -0.25) is 14.5 Å². The molecule has 1 N–H and O–H groups in total. The van der Waals surface area contributed by atoms with E-state index in [0.29, 0.717) is 0 Å². The molecule has 2 aliphatic heterocycles. The first-order valence-corrected chi connectivity index (χ1v) is 5.36. The number of nitrogens with one attached hydrogen (secondary N) is 1. The molecule has 76 valence electrons. The zero-order valence-electron chi connectivity index (χ0n) is 8.03. The van der Waals surface area contributed by atoms with Gasteiger partial charge in [0.25, 0.3) is 0 Å². The minimum atomic E-state index is 0.0445. The van der Waals surface area contributed by atoms with Gasteiger partial charge >= 0.3 is 0 Å². The highest BCUT2D eigenvalue weighted by Gasteiger charge is 2.54. The summed E-state index contributed by atoms with van der Waals surface area (Å²) in [6.45, 7) is 1.72. The number of amides is 2. The van der Waals surface area contributed by atoms with Gasteiger partial charge in [-0.1, -0.05) is 0 Å². The molecule has 4 heteroatoms. The van der Waals surface area contributed by atoms with Gasteiger partial charge < -0.3 is 5.32 Å². The maximum absolute atomic E-state index is 11.8. The monoisotopic (exact) mass is 194 g/mol. The molecule has 1 saturated carbocycles. The lowest BCUT2D eigenvalue weighted by Crippen LogP contribution is -2.41. The van der Waals surface area contributed by atoms with Gasteiger partial charge in [0.1, 0.15) is 0 Å². The quantitative estimate of drug-likeness (QED) is 0.585. The minimum Gasteiger partial charge on any atom is -0.315 e. The number of hydrogen-bond acceptors (Lipinski definition) is 3. The van der Waals surface area contributed by atoms with Crippen molar-refractivity contribution in [1.29, 1.82) is 0 Å². The summed E-state index contributed by atoms with van der Waals surface area (Å²) in [4.78, 5) is 25.2.